The van der Waals surface area contributed by atoms with Crippen LogP contribution in [0.2, 0.25) is 0 Å². The van der Waals surface area contributed by atoms with Crippen LogP contribution in [0, 0.1) is 11.3 Å². The van der Waals surface area contributed by atoms with Gasteiger partial charge in [-0.2, -0.15) is 10.4 Å². The first kappa shape index (κ1) is 13.1. The predicted molar refractivity (Wildman–Crippen MR) is 71.9 cm³/mol. The van der Waals surface area contributed by atoms with Crippen molar-refractivity contribution < 1.29 is 9.53 Å². The molecular weight excluding hydrogens is 312 g/mol. The Labute approximate surface area is 117 Å². The van der Waals surface area contributed by atoms with Crippen molar-refractivity contribution in [2.24, 2.45) is 0 Å². The van der Waals surface area contributed by atoms with Crippen LogP contribution in [0.5, 0.6) is 5.75 Å². The van der Waals surface area contributed by atoms with Gasteiger partial charge in [-0.1, -0.05) is 0 Å². The van der Waals surface area contributed by atoms with Crippen LogP contribution in [0.15, 0.2) is 28.9 Å². The van der Waals surface area contributed by atoms with Gasteiger partial charge in [0.2, 0.25) is 0 Å². The van der Waals surface area contributed by atoms with Crippen LogP contribution in [0.1, 0.15) is 15.9 Å². The molecule has 19 heavy (non-hydrogen) atoms. The molecule has 1 aromatic carbocycles. The molecule has 2 N–H and O–H groups in total. The summed E-state index contributed by atoms with van der Waals surface area (Å²) in [6.45, 7) is 0. The fourth-order valence-electron chi connectivity index (χ4n) is 1.46. The monoisotopic (exact) mass is 320 g/mol. The molecule has 0 atom stereocenters. The highest BCUT2D eigenvalue weighted by atomic mass is 79.9. The van der Waals surface area contributed by atoms with Gasteiger partial charge in [0.15, 0.2) is 0 Å². The van der Waals surface area contributed by atoms with Crippen molar-refractivity contribution in [1.29, 1.82) is 5.26 Å². The van der Waals surface area contributed by atoms with E-state index >= 15 is 0 Å². The van der Waals surface area contributed by atoms with E-state index in [4.69, 9.17) is 10.00 Å². The summed E-state index contributed by atoms with van der Waals surface area (Å²) in [6, 6.07) is 6.86. The number of rotatable bonds is 3. The Morgan fingerprint density at radius 2 is 2.37 bits per heavy atom. The maximum Gasteiger partial charge on any atom is 0.256 e. The van der Waals surface area contributed by atoms with E-state index in [0.29, 0.717) is 15.8 Å². The van der Waals surface area contributed by atoms with Gasteiger partial charge < -0.3 is 10.1 Å². The Morgan fingerprint density at radius 1 is 1.58 bits per heavy atom. The van der Waals surface area contributed by atoms with Crippen molar-refractivity contribution in [3.8, 4) is 11.8 Å². The molecule has 1 heterocycles. The highest BCUT2D eigenvalue weighted by Crippen LogP contribution is 2.25. The quantitative estimate of drug-likeness (QED) is 0.907. The lowest BCUT2D eigenvalue weighted by atomic mass is 10.2. The summed E-state index contributed by atoms with van der Waals surface area (Å²) in [5.41, 5.74) is 0.715. The summed E-state index contributed by atoms with van der Waals surface area (Å²) in [5.74, 6) is 0.569. The molecule has 7 heteroatoms. The fourth-order valence-corrected chi connectivity index (χ4v) is 2.00. The van der Waals surface area contributed by atoms with Gasteiger partial charge in [-0.25, -0.2) is 0 Å². The van der Waals surface area contributed by atoms with Gasteiger partial charge in [-0.05, 0) is 34.1 Å². The molecule has 0 unspecified atom stereocenters. The molecule has 0 aliphatic rings. The first-order valence-electron chi connectivity index (χ1n) is 5.24. The maximum absolute atomic E-state index is 12.0. The smallest absolute Gasteiger partial charge is 0.256 e. The summed E-state index contributed by atoms with van der Waals surface area (Å²) >= 11 is 3.30. The Bertz CT molecular complexity index is 660. The third-order valence-corrected chi connectivity index (χ3v) is 3.03. The lowest BCUT2D eigenvalue weighted by molar-refractivity contribution is 0.102. The number of carbonyl (C=O) groups excluding carboxylic acids is 1. The van der Waals surface area contributed by atoms with Crippen molar-refractivity contribution >= 4 is 27.7 Å². The minimum atomic E-state index is -0.343. The summed E-state index contributed by atoms with van der Waals surface area (Å²) in [6.07, 6.45) is 1.35. The molecule has 96 valence electrons. The third kappa shape index (κ3) is 2.74. The number of aromatic nitrogens is 2. The summed E-state index contributed by atoms with van der Waals surface area (Å²) in [4.78, 5) is 12.0. The van der Waals surface area contributed by atoms with Crippen LogP contribution in [0.4, 0.5) is 5.82 Å². The second kappa shape index (κ2) is 5.54. The fraction of sp³-hybridized carbons (Fsp3) is 0.0833. The van der Waals surface area contributed by atoms with E-state index in [-0.39, 0.29) is 17.3 Å². The number of halogens is 1. The first-order valence-corrected chi connectivity index (χ1v) is 6.03. The second-order valence-electron chi connectivity index (χ2n) is 3.57. The van der Waals surface area contributed by atoms with Crippen molar-refractivity contribution in [1.82, 2.24) is 10.2 Å². The van der Waals surface area contributed by atoms with Gasteiger partial charge in [0, 0.05) is 5.56 Å². The number of benzene rings is 1. The largest absolute Gasteiger partial charge is 0.496 e. The number of amides is 1. The number of aromatic amines is 1. The van der Waals surface area contributed by atoms with Crippen LogP contribution in [0.3, 0.4) is 0 Å². The summed E-state index contributed by atoms with van der Waals surface area (Å²) in [5, 5.41) is 17.6. The van der Waals surface area contributed by atoms with Gasteiger partial charge in [-0.15, -0.1) is 0 Å². The molecule has 1 amide bonds. The Hall–Kier alpha value is -2.33. The molecule has 1 aromatic heterocycles. The number of anilines is 1. The number of hydrogen-bond donors (Lipinski definition) is 2. The van der Waals surface area contributed by atoms with E-state index in [1.165, 1.54) is 6.20 Å². The number of carbonyl (C=O) groups is 1. The van der Waals surface area contributed by atoms with Crippen LogP contribution in [-0.2, 0) is 0 Å². The Morgan fingerprint density at radius 3 is 3.00 bits per heavy atom. The number of nitrogens with zero attached hydrogens (tertiary/aromatic N) is 2. The average molecular weight is 321 g/mol. The van der Waals surface area contributed by atoms with Gasteiger partial charge in [0.1, 0.15) is 23.2 Å². The zero-order valence-corrected chi connectivity index (χ0v) is 11.5. The Balaban J connectivity index is 2.21. The van der Waals surface area contributed by atoms with Crippen molar-refractivity contribution in [3.63, 3.8) is 0 Å². The molecule has 0 saturated heterocycles. The van der Waals surface area contributed by atoms with E-state index in [1.54, 1.807) is 25.3 Å². The van der Waals surface area contributed by atoms with Gasteiger partial charge in [-0.3, -0.25) is 9.89 Å². The van der Waals surface area contributed by atoms with Gasteiger partial charge >= 0.3 is 0 Å². The molecule has 0 radical (unpaired) electrons. The van der Waals surface area contributed by atoms with Crippen LogP contribution in [0.25, 0.3) is 0 Å². The topological polar surface area (TPSA) is 90.8 Å². The van der Waals surface area contributed by atoms with E-state index in [0.717, 1.165) is 0 Å². The maximum atomic E-state index is 12.0. The number of ether oxygens (including phenoxy) is 1. The SMILES string of the molecule is COc1ccc(C(=O)Nc2[nH]ncc2C#N)cc1Br. The lowest BCUT2D eigenvalue weighted by Crippen LogP contribution is -2.13. The highest BCUT2D eigenvalue weighted by Gasteiger charge is 2.12. The summed E-state index contributed by atoms with van der Waals surface area (Å²) < 4.78 is 5.76. The molecule has 0 saturated carbocycles. The average Bonchev–Trinajstić information content (AvgIpc) is 2.85. The van der Waals surface area contributed by atoms with Crippen molar-refractivity contribution in [3.05, 3.63) is 40.0 Å². The minimum absolute atomic E-state index is 0.277. The minimum Gasteiger partial charge on any atom is -0.496 e. The number of methoxy groups -OCH3 is 1. The third-order valence-electron chi connectivity index (χ3n) is 2.41. The zero-order chi connectivity index (χ0) is 13.8. The molecule has 6 nitrogen and oxygen atoms in total. The predicted octanol–water partition coefficient (Wildman–Crippen LogP) is 2.30. The molecule has 0 aliphatic carbocycles. The van der Waals surface area contributed by atoms with Crippen LogP contribution < -0.4 is 10.1 Å². The van der Waals surface area contributed by atoms with Gasteiger partial charge in [0.05, 0.1) is 17.8 Å². The molecule has 0 fully saturated rings. The Kier molecular flexibility index (Phi) is 3.82. The number of nitriles is 1. The molecule has 0 spiro atoms. The molecule has 2 rings (SSSR count). The van der Waals surface area contributed by atoms with Crippen LogP contribution >= 0.6 is 15.9 Å². The van der Waals surface area contributed by atoms with E-state index in [2.05, 4.69) is 31.4 Å². The molecule has 2 aromatic rings. The van der Waals surface area contributed by atoms with Crippen molar-refractivity contribution in [2.75, 3.05) is 12.4 Å². The van der Waals surface area contributed by atoms with Crippen LogP contribution in [-0.4, -0.2) is 23.2 Å². The van der Waals surface area contributed by atoms with E-state index in [9.17, 15) is 4.79 Å². The van der Waals surface area contributed by atoms with Crippen molar-refractivity contribution in [2.45, 2.75) is 0 Å². The number of hydrogen-bond acceptors (Lipinski definition) is 4. The van der Waals surface area contributed by atoms with E-state index in [1.807, 2.05) is 6.07 Å². The first-order chi connectivity index (χ1) is 9.15. The molecular formula is C12H9BrN4O2. The standard InChI is InChI=1S/C12H9BrN4O2/c1-19-10-3-2-7(4-9(10)13)12(18)16-11-8(5-14)6-15-17-11/h2-4,6H,1H3,(H2,15,16,17,18). The lowest BCUT2D eigenvalue weighted by Gasteiger charge is -2.06. The number of H-pyrrole nitrogens is 1. The highest BCUT2D eigenvalue weighted by molar-refractivity contribution is 9.10. The van der Waals surface area contributed by atoms with Gasteiger partial charge in [0.25, 0.3) is 5.91 Å². The zero-order valence-electron chi connectivity index (χ0n) is 9.90. The molecule has 0 bridgehead atoms. The second-order valence-corrected chi connectivity index (χ2v) is 4.43. The normalized spacial score (nSPS) is 9.74. The van der Waals surface area contributed by atoms with E-state index < -0.39 is 0 Å². The number of nitrogens with one attached hydrogen (secondary N) is 2. The summed E-state index contributed by atoms with van der Waals surface area (Å²) in [7, 11) is 1.55. The molecule has 0 aliphatic heterocycles.